The summed E-state index contributed by atoms with van der Waals surface area (Å²) in [4.78, 5) is 12.9. The van der Waals surface area contributed by atoms with Gasteiger partial charge in [0, 0.05) is 20.2 Å². The Balaban J connectivity index is 2.59. The molecule has 0 unspecified atom stereocenters. The van der Waals surface area contributed by atoms with Gasteiger partial charge in [-0.05, 0) is 20.3 Å². The van der Waals surface area contributed by atoms with Gasteiger partial charge < -0.3 is 9.84 Å². The fourth-order valence-corrected chi connectivity index (χ4v) is 1.56. The van der Waals surface area contributed by atoms with E-state index in [0.717, 1.165) is 19.5 Å². The molecule has 4 heteroatoms. The van der Waals surface area contributed by atoms with Crippen LogP contribution in [0.15, 0.2) is 0 Å². The molecule has 0 bridgehead atoms. The lowest BCUT2D eigenvalue weighted by Crippen LogP contribution is -2.49. The number of ether oxygens (including phenoxy) is 1. The van der Waals surface area contributed by atoms with Crippen LogP contribution < -0.4 is 0 Å². The second-order valence-corrected chi connectivity index (χ2v) is 3.96. The van der Waals surface area contributed by atoms with Gasteiger partial charge in [0.2, 0.25) is 0 Å². The summed E-state index contributed by atoms with van der Waals surface area (Å²) in [6, 6.07) is 0. The Bertz CT molecular complexity index is 203. The SMILES string of the molecule is CO[C@@H]1CCN(C(C)(C)C(=O)O)C1. The highest BCUT2D eigenvalue weighted by molar-refractivity contribution is 5.77. The van der Waals surface area contributed by atoms with Crippen LogP contribution in [0.5, 0.6) is 0 Å². The molecule has 0 amide bonds. The normalized spacial score (nSPS) is 25.0. The minimum Gasteiger partial charge on any atom is -0.480 e. The first kappa shape index (κ1) is 10.5. The molecule has 13 heavy (non-hydrogen) atoms. The quantitative estimate of drug-likeness (QED) is 0.701. The minimum absolute atomic E-state index is 0.193. The molecule has 1 heterocycles. The fraction of sp³-hybridized carbons (Fsp3) is 0.889. The second kappa shape index (κ2) is 3.64. The van der Waals surface area contributed by atoms with Gasteiger partial charge in [-0.2, -0.15) is 0 Å². The summed E-state index contributed by atoms with van der Waals surface area (Å²) in [5.74, 6) is -0.774. The zero-order valence-electron chi connectivity index (χ0n) is 8.41. The van der Waals surface area contributed by atoms with Crippen molar-refractivity contribution in [2.24, 2.45) is 0 Å². The molecule has 1 rings (SSSR count). The lowest BCUT2D eigenvalue weighted by molar-refractivity contribution is -0.148. The van der Waals surface area contributed by atoms with E-state index in [9.17, 15) is 4.79 Å². The number of likely N-dealkylation sites (tertiary alicyclic amines) is 1. The third-order valence-electron chi connectivity index (χ3n) is 2.79. The van der Waals surface area contributed by atoms with E-state index in [1.807, 2.05) is 4.90 Å². The van der Waals surface area contributed by atoms with E-state index in [2.05, 4.69) is 0 Å². The van der Waals surface area contributed by atoms with Crippen molar-refractivity contribution in [2.45, 2.75) is 31.9 Å². The van der Waals surface area contributed by atoms with Crippen LogP contribution in [0.4, 0.5) is 0 Å². The van der Waals surface area contributed by atoms with E-state index in [4.69, 9.17) is 9.84 Å². The Labute approximate surface area is 78.5 Å². The topological polar surface area (TPSA) is 49.8 Å². The molecule has 1 aliphatic heterocycles. The van der Waals surface area contributed by atoms with E-state index < -0.39 is 11.5 Å². The zero-order valence-corrected chi connectivity index (χ0v) is 8.41. The van der Waals surface area contributed by atoms with Gasteiger partial charge in [-0.1, -0.05) is 0 Å². The third-order valence-corrected chi connectivity index (χ3v) is 2.79. The first-order valence-electron chi connectivity index (χ1n) is 4.49. The lowest BCUT2D eigenvalue weighted by atomic mass is 10.0. The van der Waals surface area contributed by atoms with Crippen LogP contribution in [0.3, 0.4) is 0 Å². The van der Waals surface area contributed by atoms with Crippen LogP contribution >= 0.6 is 0 Å². The van der Waals surface area contributed by atoms with Crippen LogP contribution in [0.1, 0.15) is 20.3 Å². The molecule has 76 valence electrons. The molecule has 1 fully saturated rings. The molecule has 1 aliphatic rings. The molecule has 0 aromatic carbocycles. The molecular weight excluding hydrogens is 170 g/mol. The summed E-state index contributed by atoms with van der Waals surface area (Å²) < 4.78 is 5.18. The Morgan fingerprint density at radius 2 is 2.23 bits per heavy atom. The molecular formula is C9H17NO3. The highest BCUT2D eigenvalue weighted by atomic mass is 16.5. The monoisotopic (exact) mass is 187 g/mol. The van der Waals surface area contributed by atoms with Crippen molar-refractivity contribution in [3.63, 3.8) is 0 Å². The molecule has 0 saturated carbocycles. The maximum absolute atomic E-state index is 10.9. The number of carboxylic acids is 1. The largest absolute Gasteiger partial charge is 0.480 e. The average Bonchev–Trinajstić information content (AvgIpc) is 2.51. The number of rotatable bonds is 3. The van der Waals surface area contributed by atoms with Gasteiger partial charge >= 0.3 is 5.97 Å². The number of carbonyl (C=O) groups is 1. The Kier molecular flexibility index (Phi) is 2.93. The van der Waals surface area contributed by atoms with Gasteiger partial charge in [0.05, 0.1) is 6.10 Å². The van der Waals surface area contributed by atoms with Crippen LogP contribution in [-0.4, -0.2) is 47.8 Å². The lowest BCUT2D eigenvalue weighted by Gasteiger charge is -2.30. The predicted molar refractivity (Wildman–Crippen MR) is 48.7 cm³/mol. The third kappa shape index (κ3) is 2.00. The van der Waals surface area contributed by atoms with Gasteiger partial charge in [0.15, 0.2) is 0 Å². The standard InChI is InChI=1S/C9H17NO3/c1-9(2,8(11)12)10-5-4-7(6-10)13-3/h7H,4-6H2,1-3H3,(H,11,12)/t7-/m1/s1. The molecule has 0 aromatic heterocycles. The smallest absolute Gasteiger partial charge is 0.323 e. The first-order valence-corrected chi connectivity index (χ1v) is 4.49. The summed E-state index contributed by atoms with van der Waals surface area (Å²) in [5, 5.41) is 8.98. The zero-order chi connectivity index (χ0) is 10.1. The van der Waals surface area contributed by atoms with Crippen molar-refractivity contribution >= 4 is 5.97 Å². The summed E-state index contributed by atoms with van der Waals surface area (Å²) in [6.45, 7) is 4.98. The number of hydrogen-bond donors (Lipinski definition) is 1. The van der Waals surface area contributed by atoms with E-state index in [1.165, 1.54) is 0 Å². The Morgan fingerprint density at radius 3 is 2.62 bits per heavy atom. The molecule has 0 aliphatic carbocycles. The van der Waals surface area contributed by atoms with Crippen molar-refractivity contribution in [1.29, 1.82) is 0 Å². The van der Waals surface area contributed by atoms with Crippen molar-refractivity contribution < 1.29 is 14.6 Å². The summed E-state index contributed by atoms with van der Waals surface area (Å²) >= 11 is 0. The highest BCUT2D eigenvalue weighted by Gasteiger charge is 2.38. The van der Waals surface area contributed by atoms with Crippen molar-refractivity contribution in [2.75, 3.05) is 20.2 Å². The number of methoxy groups -OCH3 is 1. The maximum atomic E-state index is 10.9. The van der Waals surface area contributed by atoms with Gasteiger partial charge in [-0.25, -0.2) is 0 Å². The van der Waals surface area contributed by atoms with Crippen LogP contribution in [0, 0.1) is 0 Å². The van der Waals surface area contributed by atoms with Crippen LogP contribution in [0.2, 0.25) is 0 Å². The van der Waals surface area contributed by atoms with Crippen LogP contribution in [0.25, 0.3) is 0 Å². The van der Waals surface area contributed by atoms with Crippen molar-refractivity contribution in [3.8, 4) is 0 Å². The Morgan fingerprint density at radius 1 is 1.62 bits per heavy atom. The van der Waals surface area contributed by atoms with E-state index in [1.54, 1.807) is 21.0 Å². The fourth-order valence-electron chi connectivity index (χ4n) is 1.56. The molecule has 0 radical (unpaired) electrons. The van der Waals surface area contributed by atoms with E-state index in [-0.39, 0.29) is 6.10 Å². The summed E-state index contributed by atoms with van der Waals surface area (Å²) in [5.41, 5.74) is -0.771. The molecule has 4 nitrogen and oxygen atoms in total. The molecule has 1 atom stereocenters. The minimum atomic E-state index is -0.774. The van der Waals surface area contributed by atoms with Gasteiger partial charge in [-0.3, -0.25) is 9.69 Å². The van der Waals surface area contributed by atoms with Crippen molar-refractivity contribution in [1.82, 2.24) is 4.90 Å². The second-order valence-electron chi connectivity index (χ2n) is 3.96. The first-order chi connectivity index (χ1) is 5.98. The molecule has 1 N–H and O–H groups in total. The van der Waals surface area contributed by atoms with E-state index in [0.29, 0.717) is 0 Å². The number of aliphatic carboxylic acids is 1. The maximum Gasteiger partial charge on any atom is 0.323 e. The van der Waals surface area contributed by atoms with Gasteiger partial charge in [0.25, 0.3) is 0 Å². The highest BCUT2D eigenvalue weighted by Crippen LogP contribution is 2.22. The van der Waals surface area contributed by atoms with E-state index >= 15 is 0 Å². The molecule has 0 aromatic rings. The van der Waals surface area contributed by atoms with Crippen molar-refractivity contribution in [3.05, 3.63) is 0 Å². The van der Waals surface area contributed by atoms with Crippen LogP contribution in [-0.2, 0) is 9.53 Å². The predicted octanol–water partition coefficient (Wildman–Crippen LogP) is 0.570. The van der Waals surface area contributed by atoms with Gasteiger partial charge in [0.1, 0.15) is 5.54 Å². The molecule has 1 saturated heterocycles. The summed E-state index contributed by atoms with van der Waals surface area (Å²) in [6.07, 6.45) is 1.12. The molecule has 0 spiro atoms. The Hall–Kier alpha value is -0.610. The number of carboxylic acid groups (broad SMARTS) is 1. The number of nitrogens with zero attached hydrogens (tertiary/aromatic N) is 1. The average molecular weight is 187 g/mol. The van der Waals surface area contributed by atoms with Gasteiger partial charge in [-0.15, -0.1) is 0 Å². The summed E-state index contributed by atoms with van der Waals surface area (Å²) in [7, 11) is 1.67. The number of hydrogen-bond acceptors (Lipinski definition) is 3.